The number of pyridine rings is 1. The zero-order valence-electron chi connectivity index (χ0n) is 14.3. The average molecular weight is 332 g/mol. The number of hydrogen-bond acceptors (Lipinski definition) is 3. The fourth-order valence-corrected chi connectivity index (χ4v) is 2.37. The first kappa shape index (κ1) is 16.7. The number of nitrogens with one attached hydrogen (secondary N) is 1. The molecule has 0 atom stereocenters. The Bertz CT molecular complexity index is 859. The summed E-state index contributed by atoms with van der Waals surface area (Å²) in [5, 5.41) is 2.87. The highest BCUT2D eigenvalue weighted by atomic mass is 16.5. The number of aryl methyl sites for hydroxylation is 2. The quantitative estimate of drug-likeness (QED) is 0.715. The minimum Gasteiger partial charge on any atom is -0.457 e. The summed E-state index contributed by atoms with van der Waals surface area (Å²) in [5.74, 6) is 1.22. The topological polar surface area (TPSA) is 51.2 Å². The van der Waals surface area contributed by atoms with E-state index in [-0.39, 0.29) is 5.91 Å². The lowest BCUT2D eigenvalue weighted by Gasteiger charge is -2.11. The molecule has 0 aliphatic carbocycles. The standard InChI is InChI=1S/C21H20N2O2/c1-3-16-10-12-19(22-14-16)21(24)23-17-11-9-15(2)20(13-17)25-18-7-5-4-6-8-18/h4-14H,3H2,1-2H3,(H,23,24). The van der Waals surface area contributed by atoms with Gasteiger partial charge in [-0.1, -0.05) is 37.3 Å². The van der Waals surface area contributed by atoms with Gasteiger partial charge in [-0.25, -0.2) is 0 Å². The predicted octanol–water partition coefficient (Wildman–Crippen LogP) is 5.00. The Hall–Kier alpha value is -3.14. The van der Waals surface area contributed by atoms with E-state index in [1.807, 2.05) is 61.5 Å². The summed E-state index contributed by atoms with van der Waals surface area (Å²) in [6.07, 6.45) is 2.63. The van der Waals surface area contributed by atoms with Crippen molar-refractivity contribution in [1.29, 1.82) is 0 Å². The molecule has 4 nitrogen and oxygen atoms in total. The second-order valence-corrected chi connectivity index (χ2v) is 5.75. The van der Waals surface area contributed by atoms with Crippen LogP contribution in [0, 0.1) is 6.92 Å². The summed E-state index contributed by atoms with van der Waals surface area (Å²) in [6.45, 7) is 4.02. The first-order valence-corrected chi connectivity index (χ1v) is 8.25. The van der Waals surface area contributed by atoms with Crippen LogP contribution < -0.4 is 10.1 Å². The van der Waals surface area contributed by atoms with Gasteiger partial charge in [0, 0.05) is 18.0 Å². The van der Waals surface area contributed by atoms with Gasteiger partial charge >= 0.3 is 0 Å². The Morgan fingerprint density at radius 1 is 1.08 bits per heavy atom. The smallest absolute Gasteiger partial charge is 0.274 e. The molecule has 1 amide bonds. The minimum absolute atomic E-state index is 0.239. The summed E-state index contributed by atoms with van der Waals surface area (Å²) in [5.41, 5.74) is 3.16. The number of carbonyl (C=O) groups excluding carboxylic acids is 1. The van der Waals surface area contributed by atoms with Crippen LogP contribution in [0.1, 0.15) is 28.5 Å². The van der Waals surface area contributed by atoms with Crippen molar-refractivity contribution in [2.45, 2.75) is 20.3 Å². The highest BCUT2D eigenvalue weighted by Gasteiger charge is 2.09. The molecule has 0 saturated carbocycles. The van der Waals surface area contributed by atoms with Crippen LogP contribution >= 0.6 is 0 Å². The lowest BCUT2D eigenvalue weighted by atomic mass is 10.2. The highest BCUT2D eigenvalue weighted by molar-refractivity contribution is 6.02. The van der Waals surface area contributed by atoms with Crippen molar-refractivity contribution in [3.05, 3.63) is 83.7 Å². The summed E-state index contributed by atoms with van der Waals surface area (Å²) >= 11 is 0. The molecule has 0 saturated heterocycles. The van der Waals surface area contributed by atoms with Crippen LogP contribution in [0.2, 0.25) is 0 Å². The number of rotatable bonds is 5. The Morgan fingerprint density at radius 3 is 2.56 bits per heavy atom. The summed E-state index contributed by atoms with van der Waals surface area (Å²) < 4.78 is 5.90. The van der Waals surface area contributed by atoms with Crippen molar-refractivity contribution in [2.75, 3.05) is 5.32 Å². The van der Waals surface area contributed by atoms with Gasteiger partial charge in [-0.05, 0) is 48.7 Å². The predicted molar refractivity (Wildman–Crippen MR) is 99.3 cm³/mol. The molecule has 0 spiro atoms. The van der Waals surface area contributed by atoms with Gasteiger partial charge in [-0.15, -0.1) is 0 Å². The van der Waals surface area contributed by atoms with E-state index in [0.29, 0.717) is 17.1 Å². The van der Waals surface area contributed by atoms with Crippen LogP contribution in [-0.2, 0) is 6.42 Å². The van der Waals surface area contributed by atoms with E-state index < -0.39 is 0 Å². The van der Waals surface area contributed by atoms with Crippen LogP contribution in [0.25, 0.3) is 0 Å². The number of hydrogen-bond donors (Lipinski definition) is 1. The van der Waals surface area contributed by atoms with Crippen molar-refractivity contribution >= 4 is 11.6 Å². The lowest BCUT2D eigenvalue weighted by Crippen LogP contribution is -2.13. The molecule has 4 heteroatoms. The SMILES string of the molecule is CCc1ccc(C(=O)Nc2ccc(C)c(Oc3ccccc3)c2)nc1. The molecule has 3 aromatic rings. The lowest BCUT2D eigenvalue weighted by molar-refractivity contribution is 0.102. The number of anilines is 1. The molecule has 0 bridgehead atoms. The van der Waals surface area contributed by atoms with Crippen LogP contribution in [-0.4, -0.2) is 10.9 Å². The number of nitrogens with zero attached hydrogens (tertiary/aromatic N) is 1. The summed E-state index contributed by atoms with van der Waals surface area (Å²) in [4.78, 5) is 16.6. The van der Waals surface area contributed by atoms with Gasteiger partial charge in [0.2, 0.25) is 0 Å². The zero-order valence-corrected chi connectivity index (χ0v) is 14.3. The van der Waals surface area contributed by atoms with Gasteiger partial charge in [-0.3, -0.25) is 9.78 Å². The Labute approximate surface area is 147 Å². The Kier molecular flexibility index (Phi) is 5.09. The monoisotopic (exact) mass is 332 g/mol. The minimum atomic E-state index is -0.239. The van der Waals surface area contributed by atoms with E-state index >= 15 is 0 Å². The van der Waals surface area contributed by atoms with E-state index in [1.54, 1.807) is 12.3 Å². The second kappa shape index (κ2) is 7.62. The third-order valence-electron chi connectivity index (χ3n) is 3.88. The third kappa shape index (κ3) is 4.23. The Morgan fingerprint density at radius 2 is 1.88 bits per heavy atom. The molecular formula is C21H20N2O2. The number of carbonyl (C=O) groups is 1. The number of para-hydroxylation sites is 1. The maximum Gasteiger partial charge on any atom is 0.274 e. The van der Waals surface area contributed by atoms with E-state index in [2.05, 4.69) is 17.2 Å². The number of ether oxygens (including phenoxy) is 1. The molecule has 0 aliphatic heterocycles. The molecule has 1 aromatic heterocycles. The number of benzene rings is 2. The fraction of sp³-hybridized carbons (Fsp3) is 0.143. The maximum absolute atomic E-state index is 12.4. The zero-order chi connectivity index (χ0) is 17.6. The van der Waals surface area contributed by atoms with Crippen molar-refractivity contribution in [3.8, 4) is 11.5 Å². The second-order valence-electron chi connectivity index (χ2n) is 5.75. The summed E-state index contributed by atoms with van der Waals surface area (Å²) in [6, 6.07) is 18.8. The molecule has 0 unspecified atom stereocenters. The fourth-order valence-electron chi connectivity index (χ4n) is 2.37. The maximum atomic E-state index is 12.4. The van der Waals surface area contributed by atoms with Gasteiger partial charge in [0.1, 0.15) is 17.2 Å². The molecule has 3 rings (SSSR count). The van der Waals surface area contributed by atoms with E-state index in [9.17, 15) is 4.79 Å². The van der Waals surface area contributed by atoms with Crippen LogP contribution in [0.5, 0.6) is 11.5 Å². The van der Waals surface area contributed by atoms with Gasteiger partial charge in [-0.2, -0.15) is 0 Å². The molecule has 2 aromatic carbocycles. The first-order valence-electron chi connectivity index (χ1n) is 8.25. The van der Waals surface area contributed by atoms with E-state index in [1.165, 1.54) is 0 Å². The molecule has 25 heavy (non-hydrogen) atoms. The molecule has 1 heterocycles. The molecule has 0 aliphatic rings. The van der Waals surface area contributed by atoms with E-state index in [4.69, 9.17) is 4.74 Å². The molecular weight excluding hydrogens is 312 g/mol. The normalized spacial score (nSPS) is 10.3. The number of aromatic nitrogens is 1. The first-order chi connectivity index (χ1) is 12.2. The molecule has 1 N–H and O–H groups in total. The van der Waals surface area contributed by atoms with Crippen LogP contribution in [0.4, 0.5) is 5.69 Å². The molecule has 0 radical (unpaired) electrons. The van der Waals surface area contributed by atoms with Gasteiger partial charge in [0.15, 0.2) is 0 Å². The van der Waals surface area contributed by atoms with Gasteiger partial charge < -0.3 is 10.1 Å². The van der Waals surface area contributed by atoms with Crippen molar-refractivity contribution < 1.29 is 9.53 Å². The Balaban J connectivity index is 1.76. The van der Waals surface area contributed by atoms with Crippen molar-refractivity contribution in [3.63, 3.8) is 0 Å². The van der Waals surface area contributed by atoms with Crippen LogP contribution in [0.15, 0.2) is 66.9 Å². The van der Waals surface area contributed by atoms with Crippen LogP contribution in [0.3, 0.4) is 0 Å². The van der Waals surface area contributed by atoms with Gasteiger partial charge in [0.25, 0.3) is 5.91 Å². The van der Waals surface area contributed by atoms with Crippen molar-refractivity contribution in [2.24, 2.45) is 0 Å². The van der Waals surface area contributed by atoms with Gasteiger partial charge in [0.05, 0.1) is 0 Å². The molecule has 0 fully saturated rings. The number of amides is 1. The van der Waals surface area contributed by atoms with Crippen molar-refractivity contribution in [1.82, 2.24) is 4.98 Å². The third-order valence-corrected chi connectivity index (χ3v) is 3.88. The highest BCUT2D eigenvalue weighted by Crippen LogP contribution is 2.28. The largest absolute Gasteiger partial charge is 0.457 e. The molecule has 126 valence electrons. The average Bonchev–Trinajstić information content (AvgIpc) is 2.65. The van der Waals surface area contributed by atoms with E-state index in [0.717, 1.165) is 23.3 Å². The summed E-state index contributed by atoms with van der Waals surface area (Å²) in [7, 11) is 0.